The maximum absolute atomic E-state index is 2.28. The molecule has 0 nitrogen and oxygen atoms in total. The SMILES string of the molecule is CC1=Cc2ccccc2[CH]1[Ti].Cl.Cl.Cl. The average molecular weight is 286 g/mol. The molecule has 0 amide bonds. The third-order valence-electron chi connectivity index (χ3n) is 2.15. The molecule has 0 N–H and O–H groups in total. The van der Waals surface area contributed by atoms with E-state index in [-0.39, 0.29) is 37.2 Å². The molecule has 14 heavy (non-hydrogen) atoms. The number of benzene rings is 1. The predicted molar refractivity (Wildman–Crippen MR) is 64.6 cm³/mol. The minimum Gasteiger partial charge on any atom is -0.147 e. The van der Waals surface area contributed by atoms with E-state index in [0.29, 0.717) is 4.22 Å². The maximum atomic E-state index is 2.28. The van der Waals surface area contributed by atoms with Gasteiger partial charge >= 0.3 is 78.6 Å². The molecule has 1 aliphatic carbocycles. The standard InChI is InChI=1S/C10H9.3ClH.Ti/c1-8-6-9-4-2-3-5-10(9)7-8;;;;/h2-7H,1H3;3*1H;. The monoisotopic (exact) mass is 285 g/mol. The first-order valence-corrected chi connectivity index (χ1v) is 4.67. The number of fused-ring (bicyclic) bond motifs is 1. The zero-order valence-corrected chi connectivity index (χ0v) is 11.7. The number of allylic oxidation sites excluding steroid dienone is 1. The molecule has 0 saturated heterocycles. The van der Waals surface area contributed by atoms with Crippen LogP contribution >= 0.6 is 37.2 Å². The van der Waals surface area contributed by atoms with Crippen LogP contribution in [0.2, 0.25) is 0 Å². The largest absolute Gasteiger partial charge is 0.147 e. The third-order valence-corrected chi connectivity index (χ3v) is 3.34. The Morgan fingerprint density at radius 1 is 1.07 bits per heavy atom. The molecular weight excluding hydrogens is 274 g/mol. The van der Waals surface area contributed by atoms with Crippen molar-refractivity contribution in [3.05, 3.63) is 41.0 Å². The Morgan fingerprint density at radius 3 is 2.21 bits per heavy atom. The fraction of sp³-hybridized carbons (Fsp3) is 0.200. The smallest absolute Gasteiger partial charge is 0.147 e. The van der Waals surface area contributed by atoms with E-state index in [2.05, 4.69) is 57.7 Å². The zero-order valence-electron chi connectivity index (χ0n) is 7.69. The van der Waals surface area contributed by atoms with E-state index in [1.165, 1.54) is 16.7 Å². The van der Waals surface area contributed by atoms with Crippen LogP contribution < -0.4 is 0 Å². The Hall–Kier alpha value is 0.544. The van der Waals surface area contributed by atoms with Crippen molar-refractivity contribution in [2.45, 2.75) is 11.1 Å². The van der Waals surface area contributed by atoms with Crippen LogP contribution in [0.5, 0.6) is 0 Å². The first-order valence-electron chi connectivity index (χ1n) is 3.77. The van der Waals surface area contributed by atoms with E-state index in [4.69, 9.17) is 0 Å². The van der Waals surface area contributed by atoms with E-state index < -0.39 is 0 Å². The normalized spacial score (nSPS) is 16.6. The van der Waals surface area contributed by atoms with Crippen LogP contribution in [0.25, 0.3) is 6.08 Å². The number of hydrogen-bond acceptors (Lipinski definition) is 0. The van der Waals surface area contributed by atoms with Crippen LogP contribution in [0.15, 0.2) is 29.8 Å². The van der Waals surface area contributed by atoms with Crippen molar-refractivity contribution < 1.29 is 20.4 Å². The van der Waals surface area contributed by atoms with Gasteiger partial charge in [-0.25, -0.2) is 0 Å². The van der Waals surface area contributed by atoms with Crippen molar-refractivity contribution in [1.29, 1.82) is 0 Å². The molecule has 0 saturated carbocycles. The van der Waals surface area contributed by atoms with Crippen LogP contribution in [-0.2, 0) is 20.4 Å². The fourth-order valence-electron chi connectivity index (χ4n) is 1.48. The van der Waals surface area contributed by atoms with Gasteiger partial charge in [-0.15, -0.1) is 37.2 Å². The van der Waals surface area contributed by atoms with Crippen LogP contribution in [0.1, 0.15) is 22.3 Å². The molecule has 0 heterocycles. The summed E-state index contributed by atoms with van der Waals surface area (Å²) in [5.74, 6) is 0. The van der Waals surface area contributed by atoms with Crippen molar-refractivity contribution >= 4 is 43.3 Å². The van der Waals surface area contributed by atoms with Crippen molar-refractivity contribution in [3.8, 4) is 0 Å². The molecule has 1 atom stereocenters. The van der Waals surface area contributed by atoms with Gasteiger partial charge in [0.05, 0.1) is 0 Å². The van der Waals surface area contributed by atoms with Gasteiger partial charge in [-0.05, 0) is 0 Å². The van der Waals surface area contributed by atoms with Gasteiger partial charge in [-0.2, -0.15) is 0 Å². The summed E-state index contributed by atoms with van der Waals surface area (Å²) in [7, 11) is 0. The Kier molecular flexibility index (Phi) is 8.39. The van der Waals surface area contributed by atoms with Crippen molar-refractivity contribution in [3.63, 3.8) is 0 Å². The van der Waals surface area contributed by atoms with Gasteiger partial charge < -0.3 is 0 Å². The summed E-state index contributed by atoms with van der Waals surface area (Å²) in [6, 6.07) is 8.61. The van der Waals surface area contributed by atoms with Gasteiger partial charge in [0.2, 0.25) is 0 Å². The van der Waals surface area contributed by atoms with E-state index in [1.807, 2.05) is 0 Å². The zero-order chi connectivity index (χ0) is 7.84. The molecule has 0 aliphatic heterocycles. The summed E-state index contributed by atoms with van der Waals surface area (Å²) in [6.45, 7) is 2.20. The molecule has 1 aliphatic rings. The number of halogens is 3. The molecule has 77 valence electrons. The molecule has 0 fully saturated rings. The molecule has 1 aromatic carbocycles. The van der Waals surface area contributed by atoms with Gasteiger partial charge in [-0.3, -0.25) is 0 Å². The van der Waals surface area contributed by atoms with Crippen LogP contribution in [0.4, 0.5) is 0 Å². The molecular formula is C10H12Cl3Ti. The molecule has 0 aromatic heterocycles. The third kappa shape index (κ3) is 3.02. The number of rotatable bonds is 0. The van der Waals surface area contributed by atoms with Gasteiger partial charge in [0, 0.05) is 0 Å². The topological polar surface area (TPSA) is 0 Å². The summed E-state index contributed by atoms with van der Waals surface area (Å²) in [4.78, 5) is 0. The number of hydrogen-bond donors (Lipinski definition) is 0. The maximum Gasteiger partial charge on any atom is -0.147 e. The second-order valence-corrected chi connectivity index (χ2v) is 3.85. The second-order valence-electron chi connectivity index (χ2n) is 2.95. The molecule has 1 unspecified atom stereocenters. The quantitative estimate of drug-likeness (QED) is 0.633. The van der Waals surface area contributed by atoms with Gasteiger partial charge in [-0.1, -0.05) is 0 Å². The van der Waals surface area contributed by atoms with Gasteiger partial charge in [0.1, 0.15) is 0 Å². The summed E-state index contributed by atoms with van der Waals surface area (Å²) in [5, 5.41) is 0. The van der Waals surface area contributed by atoms with Crippen LogP contribution in [0, 0.1) is 0 Å². The van der Waals surface area contributed by atoms with Crippen molar-refractivity contribution in [2.24, 2.45) is 0 Å². The Labute approximate surface area is 115 Å². The molecule has 0 bridgehead atoms. The Bertz CT molecular complexity index is 323. The van der Waals surface area contributed by atoms with Crippen molar-refractivity contribution in [1.82, 2.24) is 0 Å². The first kappa shape index (κ1) is 17.0. The minimum absolute atomic E-state index is 0. The summed E-state index contributed by atoms with van der Waals surface area (Å²) >= 11 is 2.26. The second kappa shape index (κ2) is 6.92. The first-order chi connectivity index (χ1) is 5.29. The molecule has 2 rings (SSSR count). The molecule has 4 heteroatoms. The van der Waals surface area contributed by atoms with E-state index >= 15 is 0 Å². The van der Waals surface area contributed by atoms with E-state index in [1.54, 1.807) is 0 Å². The van der Waals surface area contributed by atoms with Gasteiger partial charge in [0.15, 0.2) is 0 Å². The fourth-order valence-corrected chi connectivity index (χ4v) is 2.02. The minimum atomic E-state index is 0. The predicted octanol–water partition coefficient (Wildman–Crippen LogP) is 3.96. The molecule has 0 radical (unpaired) electrons. The van der Waals surface area contributed by atoms with Crippen LogP contribution in [-0.4, -0.2) is 0 Å². The van der Waals surface area contributed by atoms with E-state index in [0.717, 1.165) is 0 Å². The van der Waals surface area contributed by atoms with E-state index in [9.17, 15) is 0 Å². The summed E-state index contributed by atoms with van der Waals surface area (Å²) in [5.41, 5.74) is 4.36. The van der Waals surface area contributed by atoms with Crippen LogP contribution in [0.3, 0.4) is 0 Å². The van der Waals surface area contributed by atoms with Gasteiger partial charge in [0.25, 0.3) is 0 Å². The van der Waals surface area contributed by atoms with Crippen molar-refractivity contribution in [2.75, 3.05) is 0 Å². The summed E-state index contributed by atoms with van der Waals surface area (Å²) < 4.78 is 0.631. The Balaban J connectivity index is 0. The molecule has 0 spiro atoms. The summed E-state index contributed by atoms with van der Waals surface area (Å²) in [6.07, 6.45) is 2.28. The molecule has 1 aromatic rings. The Morgan fingerprint density at radius 2 is 1.64 bits per heavy atom. The average Bonchev–Trinajstić information content (AvgIpc) is 2.30.